The Labute approximate surface area is 167 Å². The van der Waals surface area contributed by atoms with Crippen LogP contribution in [-0.4, -0.2) is 30.3 Å². The molecule has 154 valence electrons. The number of benzene rings is 2. The van der Waals surface area contributed by atoms with E-state index < -0.39 is 35.4 Å². The Kier molecular flexibility index (Phi) is 7.41. The van der Waals surface area contributed by atoms with E-state index in [1.807, 2.05) is 6.92 Å². The SMILES string of the molecule is Cc1ccc(C(=O)NC(C(=O)NCC(=O)Nc2ccc(F)c(F)c2)C(C)C)cc1. The van der Waals surface area contributed by atoms with Gasteiger partial charge in [-0.15, -0.1) is 0 Å². The molecule has 0 saturated carbocycles. The standard InChI is InChI=1S/C21H23F2N3O3/c1-12(2)19(26-20(28)14-6-4-13(3)5-7-14)21(29)24-11-18(27)25-15-8-9-16(22)17(23)10-15/h4-10,12,19H,11H2,1-3H3,(H,24,29)(H,25,27)(H,26,28). The van der Waals surface area contributed by atoms with Crippen molar-refractivity contribution in [1.82, 2.24) is 10.6 Å². The maximum atomic E-state index is 13.2. The Balaban J connectivity index is 1.92. The third kappa shape index (κ3) is 6.38. The summed E-state index contributed by atoms with van der Waals surface area (Å²) in [6.07, 6.45) is 0. The Morgan fingerprint density at radius 2 is 1.62 bits per heavy atom. The fourth-order valence-corrected chi connectivity index (χ4v) is 2.52. The minimum atomic E-state index is -1.09. The first kappa shape index (κ1) is 22.0. The first-order valence-corrected chi connectivity index (χ1v) is 9.07. The van der Waals surface area contributed by atoms with Gasteiger partial charge in [0.15, 0.2) is 11.6 Å². The number of hydrogen-bond donors (Lipinski definition) is 3. The minimum absolute atomic E-state index is 0.0660. The van der Waals surface area contributed by atoms with Crippen molar-refractivity contribution in [3.63, 3.8) is 0 Å². The van der Waals surface area contributed by atoms with Crippen molar-refractivity contribution in [3.8, 4) is 0 Å². The van der Waals surface area contributed by atoms with E-state index in [1.54, 1.807) is 38.1 Å². The monoisotopic (exact) mass is 403 g/mol. The highest BCUT2D eigenvalue weighted by Gasteiger charge is 2.25. The third-order valence-corrected chi connectivity index (χ3v) is 4.18. The molecule has 1 atom stereocenters. The molecule has 0 spiro atoms. The molecule has 29 heavy (non-hydrogen) atoms. The Morgan fingerprint density at radius 1 is 0.966 bits per heavy atom. The van der Waals surface area contributed by atoms with E-state index in [0.717, 1.165) is 17.7 Å². The summed E-state index contributed by atoms with van der Waals surface area (Å²) in [5.74, 6) is -3.88. The molecule has 0 saturated heterocycles. The quantitative estimate of drug-likeness (QED) is 0.664. The summed E-state index contributed by atoms with van der Waals surface area (Å²) in [6, 6.07) is 9.00. The molecule has 1 unspecified atom stereocenters. The highest BCUT2D eigenvalue weighted by Crippen LogP contribution is 2.13. The smallest absolute Gasteiger partial charge is 0.251 e. The predicted molar refractivity (Wildman–Crippen MR) is 105 cm³/mol. The van der Waals surface area contributed by atoms with Crippen LogP contribution in [0.25, 0.3) is 0 Å². The number of hydrogen-bond acceptors (Lipinski definition) is 3. The average molecular weight is 403 g/mol. The second-order valence-corrected chi connectivity index (χ2v) is 6.96. The molecule has 3 N–H and O–H groups in total. The van der Waals surface area contributed by atoms with Gasteiger partial charge in [0, 0.05) is 17.3 Å². The molecule has 0 bridgehead atoms. The summed E-state index contributed by atoms with van der Waals surface area (Å²) < 4.78 is 26.1. The first-order chi connectivity index (χ1) is 13.7. The molecule has 0 aliphatic heterocycles. The zero-order chi connectivity index (χ0) is 21.6. The Morgan fingerprint density at radius 3 is 2.21 bits per heavy atom. The predicted octanol–water partition coefficient (Wildman–Crippen LogP) is 2.78. The van der Waals surface area contributed by atoms with E-state index in [1.165, 1.54) is 6.07 Å². The van der Waals surface area contributed by atoms with E-state index >= 15 is 0 Å². The van der Waals surface area contributed by atoms with Gasteiger partial charge in [0.05, 0.1) is 6.54 Å². The van der Waals surface area contributed by atoms with Crippen molar-refractivity contribution >= 4 is 23.4 Å². The van der Waals surface area contributed by atoms with Crippen LogP contribution in [0.2, 0.25) is 0 Å². The molecular formula is C21H23F2N3O3. The molecule has 0 radical (unpaired) electrons. The van der Waals surface area contributed by atoms with E-state index in [4.69, 9.17) is 0 Å². The van der Waals surface area contributed by atoms with E-state index in [2.05, 4.69) is 16.0 Å². The molecule has 0 heterocycles. The molecule has 6 nitrogen and oxygen atoms in total. The van der Waals surface area contributed by atoms with E-state index in [-0.39, 0.29) is 18.2 Å². The highest BCUT2D eigenvalue weighted by molar-refractivity contribution is 5.99. The van der Waals surface area contributed by atoms with Gasteiger partial charge in [-0.2, -0.15) is 0 Å². The van der Waals surface area contributed by atoms with Crippen molar-refractivity contribution < 1.29 is 23.2 Å². The topological polar surface area (TPSA) is 87.3 Å². The van der Waals surface area contributed by atoms with Crippen molar-refractivity contribution in [2.75, 3.05) is 11.9 Å². The zero-order valence-electron chi connectivity index (χ0n) is 16.4. The third-order valence-electron chi connectivity index (χ3n) is 4.18. The minimum Gasteiger partial charge on any atom is -0.345 e. The van der Waals surface area contributed by atoms with Gasteiger partial charge in [-0.1, -0.05) is 31.5 Å². The van der Waals surface area contributed by atoms with E-state index in [9.17, 15) is 23.2 Å². The molecule has 0 aliphatic rings. The van der Waals surface area contributed by atoms with Crippen LogP contribution in [0.3, 0.4) is 0 Å². The normalized spacial score (nSPS) is 11.7. The van der Waals surface area contributed by atoms with Crippen molar-refractivity contribution in [3.05, 3.63) is 65.2 Å². The number of amides is 3. The number of nitrogens with one attached hydrogen (secondary N) is 3. The lowest BCUT2D eigenvalue weighted by Gasteiger charge is -2.21. The van der Waals surface area contributed by atoms with Crippen LogP contribution >= 0.6 is 0 Å². The number of carbonyl (C=O) groups is 3. The fourth-order valence-electron chi connectivity index (χ4n) is 2.52. The molecule has 2 rings (SSSR count). The first-order valence-electron chi connectivity index (χ1n) is 9.07. The van der Waals surface area contributed by atoms with Crippen LogP contribution in [0.5, 0.6) is 0 Å². The van der Waals surface area contributed by atoms with Gasteiger partial charge >= 0.3 is 0 Å². The highest BCUT2D eigenvalue weighted by atomic mass is 19.2. The summed E-state index contributed by atoms with van der Waals surface area (Å²) >= 11 is 0. The molecule has 0 aliphatic carbocycles. The molecule has 3 amide bonds. The molecule has 8 heteroatoms. The fraction of sp³-hybridized carbons (Fsp3) is 0.286. The molecule has 2 aromatic carbocycles. The summed E-state index contributed by atoms with van der Waals surface area (Å²) in [7, 11) is 0. The van der Waals surface area contributed by atoms with Gasteiger partial charge in [-0.05, 0) is 37.1 Å². The molecule has 0 fully saturated rings. The molecular weight excluding hydrogens is 380 g/mol. The number of carbonyl (C=O) groups excluding carboxylic acids is 3. The van der Waals surface area contributed by atoms with Gasteiger partial charge < -0.3 is 16.0 Å². The lowest BCUT2D eigenvalue weighted by atomic mass is 10.0. The average Bonchev–Trinajstić information content (AvgIpc) is 2.67. The second-order valence-electron chi connectivity index (χ2n) is 6.96. The van der Waals surface area contributed by atoms with Crippen LogP contribution in [0.4, 0.5) is 14.5 Å². The van der Waals surface area contributed by atoms with Crippen LogP contribution in [-0.2, 0) is 9.59 Å². The zero-order valence-corrected chi connectivity index (χ0v) is 16.4. The van der Waals surface area contributed by atoms with Gasteiger partial charge in [0.25, 0.3) is 5.91 Å². The summed E-state index contributed by atoms with van der Waals surface area (Å²) in [5, 5.41) is 7.47. The van der Waals surface area contributed by atoms with Gasteiger partial charge in [0.2, 0.25) is 11.8 Å². The summed E-state index contributed by atoms with van der Waals surface area (Å²) in [4.78, 5) is 36.8. The van der Waals surface area contributed by atoms with Crippen molar-refractivity contribution in [1.29, 1.82) is 0 Å². The lowest BCUT2D eigenvalue weighted by molar-refractivity contribution is -0.126. The van der Waals surface area contributed by atoms with Gasteiger partial charge in [0.1, 0.15) is 6.04 Å². The molecule has 2 aromatic rings. The maximum Gasteiger partial charge on any atom is 0.251 e. The maximum absolute atomic E-state index is 13.2. The van der Waals surface area contributed by atoms with Crippen LogP contribution < -0.4 is 16.0 Å². The van der Waals surface area contributed by atoms with Crippen LogP contribution in [0.15, 0.2) is 42.5 Å². The largest absolute Gasteiger partial charge is 0.345 e. The number of rotatable bonds is 7. The van der Waals surface area contributed by atoms with E-state index in [0.29, 0.717) is 5.56 Å². The van der Waals surface area contributed by atoms with Gasteiger partial charge in [-0.25, -0.2) is 8.78 Å². The Bertz CT molecular complexity index is 899. The van der Waals surface area contributed by atoms with Crippen molar-refractivity contribution in [2.45, 2.75) is 26.8 Å². The number of halogens is 2. The van der Waals surface area contributed by atoms with Crippen molar-refractivity contribution in [2.24, 2.45) is 5.92 Å². The summed E-state index contributed by atoms with van der Waals surface area (Å²) in [6.45, 7) is 5.04. The molecule has 0 aromatic heterocycles. The Hall–Kier alpha value is -3.29. The second kappa shape index (κ2) is 9.77. The summed E-state index contributed by atoms with van der Waals surface area (Å²) in [5.41, 5.74) is 1.49. The number of anilines is 1. The van der Waals surface area contributed by atoms with Crippen LogP contribution in [0, 0.1) is 24.5 Å². The number of aryl methyl sites for hydroxylation is 1. The van der Waals surface area contributed by atoms with Crippen LogP contribution in [0.1, 0.15) is 29.8 Å². The van der Waals surface area contributed by atoms with Gasteiger partial charge in [-0.3, -0.25) is 14.4 Å². The lowest BCUT2D eigenvalue weighted by Crippen LogP contribution is -2.51.